The molecule has 92 valence electrons. The highest BCUT2D eigenvalue weighted by Crippen LogP contribution is 2.17. The van der Waals surface area contributed by atoms with Crippen LogP contribution in [0.15, 0.2) is 29.6 Å². The van der Waals surface area contributed by atoms with Crippen LogP contribution in [0.1, 0.15) is 4.88 Å². The average Bonchev–Trinajstić information content (AvgIpc) is 2.97. The summed E-state index contributed by atoms with van der Waals surface area (Å²) >= 11 is 1.37. The minimum atomic E-state index is -0.206. The number of nitrogens with one attached hydrogen (secondary N) is 1. The molecule has 0 aliphatic carbocycles. The van der Waals surface area contributed by atoms with Gasteiger partial charge in [0.25, 0.3) is 0 Å². The summed E-state index contributed by atoms with van der Waals surface area (Å²) in [5.41, 5.74) is 2.77. The molecule has 0 aromatic carbocycles. The monoisotopic (exact) mass is 263 g/mol. The number of hydrazine groups is 1. The molecule has 0 bridgehead atoms. The first-order valence-corrected chi connectivity index (χ1v) is 5.90. The Labute approximate surface area is 105 Å². The van der Waals surface area contributed by atoms with Crippen LogP contribution in [0.4, 0.5) is 5.13 Å². The SMILES string of the molecule is NNc1ncc(Cn2nc3cnccn3c2=O)s1. The third-order valence-corrected chi connectivity index (χ3v) is 3.28. The van der Waals surface area contributed by atoms with Crippen LogP contribution in [0, 0.1) is 0 Å². The van der Waals surface area contributed by atoms with Crippen molar-refractivity contribution >= 4 is 22.1 Å². The van der Waals surface area contributed by atoms with Gasteiger partial charge in [0.2, 0.25) is 0 Å². The molecule has 0 fully saturated rings. The second-order valence-corrected chi connectivity index (χ2v) is 4.64. The second kappa shape index (κ2) is 4.20. The van der Waals surface area contributed by atoms with Gasteiger partial charge in [-0.15, -0.1) is 5.10 Å². The predicted molar refractivity (Wildman–Crippen MR) is 66.3 cm³/mol. The molecule has 3 aromatic heterocycles. The molecule has 9 heteroatoms. The van der Waals surface area contributed by atoms with Gasteiger partial charge in [0.05, 0.1) is 12.7 Å². The molecule has 8 nitrogen and oxygen atoms in total. The summed E-state index contributed by atoms with van der Waals surface area (Å²) in [6, 6.07) is 0. The summed E-state index contributed by atoms with van der Waals surface area (Å²) in [5.74, 6) is 5.25. The van der Waals surface area contributed by atoms with E-state index < -0.39 is 0 Å². The van der Waals surface area contributed by atoms with Crippen molar-refractivity contribution in [3.8, 4) is 0 Å². The van der Waals surface area contributed by atoms with E-state index in [-0.39, 0.29) is 5.69 Å². The summed E-state index contributed by atoms with van der Waals surface area (Å²) < 4.78 is 2.81. The van der Waals surface area contributed by atoms with E-state index >= 15 is 0 Å². The molecule has 0 aliphatic rings. The van der Waals surface area contributed by atoms with Gasteiger partial charge < -0.3 is 0 Å². The van der Waals surface area contributed by atoms with E-state index in [1.165, 1.54) is 26.6 Å². The molecule has 3 N–H and O–H groups in total. The van der Waals surface area contributed by atoms with Crippen LogP contribution >= 0.6 is 11.3 Å². The third kappa shape index (κ3) is 1.75. The Morgan fingerprint density at radius 1 is 1.44 bits per heavy atom. The predicted octanol–water partition coefficient (Wildman–Crippen LogP) is -0.319. The Morgan fingerprint density at radius 2 is 2.33 bits per heavy atom. The van der Waals surface area contributed by atoms with Gasteiger partial charge in [-0.1, -0.05) is 11.3 Å². The molecule has 0 atom stereocenters. The van der Waals surface area contributed by atoms with Gasteiger partial charge in [0.15, 0.2) is 10.8 Å². The van der Waals surface area contributed by atoms with Gasteiger partial charge in [-0.2, -0.15) is 0 Å². The molecular formula is C9H9N7OS. The zero-order valence-corrected chi connectivity index (χ0v) is 9.96. The zero-order chi connectivity index (χ0) is 12.5. The van der Waals surface area contributed by atoms with E-state index in [2.05, 4.69) is 20.5 Å². The van der Waals surface area contributed by atoms with E-state index in [1.54, 1.807) is 18.6 Å². The number of nitrogens with two attached hydrogens (primary N) is 1. The maximum atomic E-state index is 12.0. The molecule has 3 aromatic rings. The number of nitrogens with zero attached hydrogens (tertiary/aromatic N) is 5. The topological polar surface area (TPSA) is 103 Å². The van der Waals surface area contributed by atoms with Crippen LogP contribution in [0.5, 0.6) is 0 Å². The normalized spacial score (nSPS) is 10.9. The number of rotatable bonds is 3. The number of fused-ring (bicyclic) bond motifs is 1. The van der Waals surface area contributed by atoms with Crippen molar-refractivity contribution in [2.45, 2.75) is 6.54 Å². The minimum Gasteiger partial charge on any atom is -0.300 e. The summed E-state index contributed by atoms with van der Waals surface area (Å²) in [6.07, 6.45) is 6.33. The number of hydrogen-bond donors (Lipinski definition) is 2. The van der Waals surface area contributed by atoms with Crippen LogP contribution in [0.25, 0.3) is 5.65 Å². The van der Waals surface area contributed by atoms with Crippen LogP contribution < -0.4 is 17.0 Å². The quantitative estimate of drug-likeness (QED) is 0.496. The highest BCUT2D eigenvalue weighted by atomic mass is 32.1. The Morgan fingerprint density at radius 3 is 3.06 bits per heavy atom. The maximum Gasteiger partial charge on any atom is 0.350 e. The smallest absolute Gasteiger partial charge is 0.300 e. The number of hydrogen-bond acceptors (Lipinski definition) is 7. The summed E-state index contributed by atoms with van der Waals surface area (Å²) in [7, 11) is 0. The van der Waals surface area contributed by atoms with Gasteiger partial charge in [-0.3, -0.25) is 10.4 Å². The lowest BCUT2D eigenvalue weighted by Crippen LogP contribution is -2.21. The molecule has 0 aliphatic heterocycles. The highest BCUT2D eigenvalue weighted by Gasteiger charge is 2.08. The lowest BCUT2D eigenvalue weighted by Gasteiger charge is -1.93. The lowest BCUT2D eigenvalue weighted by molar-refractivity contribution is 0.665. The van der Waals surface area contributed by atoms with Gasteiger partial charge >= 0.3 is 5.69 Å². The standard InChI is InChI=1S/C9H9N7OS/c10-13-8-12-3-6(18-8)5-16-9(17)15-2-1-11-4-7(15)14-16/h1-4H,5,10H2,(H,12,13). The second-order valence-electron chi connectivity index (χ2n) is 3.52. The Balaban J connectivity index is 1.99. The molecule has 0 saturated heterocycles. The summed E-state index contributed by atoms with van der Waals surface area (Å²) in [5, 5.41) is 4.77. The minimum absolute atomic E-state index is 0.206. The molecule has 0 unspecified atom stereocenters. The van der Waals surface area contributed by atoms with E-state index in [1.807, 2.05) is 0 Å². The van der Waals surface area contributed by atoms with Crippen molar-refractivity contribution in [1.82, 2.24) is 24.1 Å². The van der Waals surface area contributed by atoms with Crippen molar-refractivity contribution in [3.63, 3.8) is 0 Å². The van der Waals surface area contributed by atoms with Crippen molar-refractivity contribution in [3.05, 3.63) is 40.1 Å². The molecule has 18 heavy (non-hydrogen) atoms. The van der Waals surface area contributed by atoms with Crippen molar-refractivity contribution in [2.24, 2.45) is 5.84 Å². The molecule has 3 rings (SSSR count). The summed E-state index contributed by atoms with van der Waals surface area (Å²) in [4.78, 5) is 20.8. The first-order chi connectivity index (χ1) is 8.78. The Hall–Kier alpha value is -2.26. The average molecular weight is 263 g/mol. The van der Waals surface area contributed by atoms with E-state index in [0.29, 0.717) is 17.3 Å². The number of anilines is 1. The fourth-order valence-corrected chi connectivity index (χ4v) is 2.28. The van der Waals surface area contributed by atoms with Gasteiger partial charge in [0.1, 0.15) is 0 Å². The fraction of sp³-hybridized carbons (Fsp3) is 0.111. The maximum absolute atomic E-state index is 12.0. The fourth-order valence-electron chi connectivity index (χ4n) is 1.58. The third-order valence-electron chi connectivity index (χ3n) is 2.37. The first kappa shape index (κ1) is 10.9. The molecular weight excluding hydrogens is 254 g/mol. The van der Waals surface area contributed by atoms with Gasteiger partial charge in [-0.05, 0) is 0 Å². The number of aromatic nitrogens is 5. The van der Waals surface area contributed by atoms with Crippen LogP contribution in [-0.2, 0) is 6.54 Å². The Bertz CT molecular complexity index is 743. The highest BCUT2D eigenvalue weighted by molar-refractivity contribution is 7.15. The molecule has 0 amide bonds. The van der Waals surface area contributed by atoms with Crippen molar-refractivity contribution in [2.75, 3.05) is 5.43 Å². The molecule has 3 heterocycles. The zero-order valence-electron chi connectivity index (χ0n) is 9.15. The van der Waals surface area contributed by atoms with Gasteiger partial charge in [0, 0.05) is 23.5 Å². The van der Waals surface area contributed by atoms with Crippen molar-refractivity contribution < 1.29 is 0 Å². The van der Waals surface area contributed by atoms with Crippen LogP contribution in [0.3, 0.4) is 0 Å². The van der Waals surface area contributed by atoms with E-state index in [9.17, 15) is 4.79 Å². The van der Waals surface area contributed by atoms with Crippen molar-refractivity contribution in [1.29, 1.82) is 0 Å². The van der Waals surface area contributed by atoms with E-state index in [4.69, 9.17) is 5.84 Å². The molecule has 0 spiro atoms. The Kier molecular flexibility index (Phi) is 2.54. The van der Waals surface area contributed by atoms with Crippen LogP contribution in [-0.4, -0.2) is 24.1 Å². The van der Waals surface area contributed by atoms with E-state index in [0.717, 1.165) is 4.88 Å². The largest absolute Gasteiger partial charge is 0.350 e. The number of thiazole rings is 1. The molecule has 0 saturated carbocycles. The number of nitrogen functional groups attached to an aromatic ring is 1. The molecule has 0 radical (unpaired) electrons. The lowest BCUT2D eigenvalue weighted by atomic mass is 10.5. The first-order valence-electron chi connectivity index (χ1n) is 5.08. The van der Waals surface area contributed by atoms with Gasteiger partial charge in [-0.25, -0.2) is 24.7 Å². The summed E-state index contributed by atoms with van der Waals surface area (Å²) in [6.45, 7) is 0.361. The van der Waals surface area contributed by atoms with Crippen LogP contribution in [0.2, 0.25) is 0 Å².